The Balaban J connectivity index is 2.50. The van der Waals surface area contributed by atoms with Crippen molar-refractivity contribution in [2.24, 2.45) is 0 Å². The number of H-pyrrole nitrogens is 1. The molecule has 0 aliphatic carbocycles. The first-order chi connectivity index (χ1) is 7.76. The fraction of sp³-hybridized carbons (Fsp3) is 0.167. The highest BCUT2D eigenvalue weighted by molar-refractivity contribution is 6.04. The molecular formula is C12H10N2O2. The average Bonchev–Trinajstić information content (AvgIpc) is 2.71. The maximum Gasteiger partial charge on any atom is 0.340 e. The van der Waals surface area contributed by atoms with E-state index in [2.05, 4.69) is 4.98 Å². The van der Waals surface area contributed by atoms with Crippen LogP contribution in [0, 0.1) is 11.3 Å². The standard InChI is InChI=1S/C12H10N2O2/c1-2-16-12(15)10-7-14-11-5-8(6-13)3-4-9(10)11/h3-5,7,14H,2H2,1H3. The second-order valence-electron chi connectivity index (χ2n) is 3.29. The van der Waals surface area contributed by atoms with Crippen molar-refractivity contribution >= 4 is 16.9 Å². The minimum atomic E-state index is -0.349. The lowest BCUT2D eigenvalue weighted by atomic mass is 10.1. The topological polar surface area (TPSA) is 65.9 Å². The van der Waals surface area contributed by atoms with Crippen LogP contribution in [0.2, 0.25) is 0 Å². The summed E-state index contributed by atoms with van der Waals surface area (Å²) in [5.41, 5.74) is 1.83. The first-order valence-electron chi connectivity index (χ1n) is 4.94. The molecule has 2 rings (SSSR count). The molecule has 0 fully saturated rings. The molecule has 2 aromatic rings. The Kier molecular flexibility index (Phi) is 2.61. The number of rotatable bonds is 2. The summed E-state index contributed by atoms with van der Waals surface area (Å²) in [7, 11) is 0. The quantitative estimate of drug-likeness (QED) is 0.779. The monoisotopic (exact) mass is 214 g/mol. The second kappa shape index (κ2) is 4.07. The summed E-state index contributed by atoms with van der Waals surface area (Å²) in [5.74, 6) is -0.349. The number of aromatic amines is 1. The molecule has 1 aromatic heterocycles. The van der Waals surface area contributed by atoms with E-state index in [0.717, 1.165) is 10.9 Å². The molecule has 0 spiro atoms. The van der Waals surface area contributed by atoms with Gasteiger partial charge in [0, 0.05) is 17.1 Å². The zero-order valence-corrected chi connectivity index (χ0v) is 8.78. The van der Waals surface area contributed by atoms with Crippen LogP contribution in [0.4, 0.5) is 0 Å². The van der Waals surface area contributed by atoms with Crippen molar-refractivity contribution in [3.63, 3.8) is 0 Å². The van der Waals surface area contributed by atoms with Gasteiger partial charge in [0.2, 0.25) is 0 Å². The van der Waals surface area contributed by atoms with E-state index in [1.807, 2.05) is 6.07 Å². The van der Waals surface area contributed by atoms with E-state index < -0.39 is 0 Å². The Hall–Kier alpha value is -2.28. The number of aromatic nitrogens is 1. The van der Waals surface area contributed by atoms with Gasteiger partial charge in [-0.1, -0.05) is 6.07 Å². The number of nitrogens with one attached hydrogen (secondary N) is 1. The number of carbonyl (C=O) groups excluding carboxylic acids is 1. The summed E-state index contributed by atoms with van der Waals surface area (Å²) < 4.78 is 4.93. The Morgan fingerprint density at radius 1 is 1.56 bits per heavy atom. The number of carbonyl (C=O) groups is 1. The lowest BCUT2D eigenvalue weighted by molar-refractivity contribution is 0.0529. The number of hydrogen-bond acceptors (Lipinski definition) is 3. The fourth-order valence-corrected chi connectivity index (χ4v) is 1.57. The first-order valence-corrected chi connectivity index (χ1v) is 4.94. The predicted octanol–water partition coefficient (Wildman–Crippen LogP) is 2.22. The molecule has 0 unspecified atom stereocenters. The number of fused-ring (bicyclic) bond motifs is 1. The van der Waals surface area contributed by atoms with E-state index in [9.17, 15) is 4.79 Å². The largest absolute Gasteiger partial charge is 0.462 e. The van der Waals surface area contributed by atoms with Crippen LogP contribution in [-0.2, 0) is 4.74 Å². The molecule has 0 saturated heterocycles. The normalized spacial score (nSPS) is 10.0. The number of hydrogen-bond donors (Lipinski definition) is 1. The lowest BCUT2D eigenvalue weighted by Gasteiger charge is -1.99. The van der Waals surface area contributed by atoms with Crippen LogP contribution in [0.1, 0.15) is 22.8 Å². The molecule has 1 heterocycles. The molecule has 0 amide bonds. The molecule has 0 aliphatic rings. The number of nitrogens with zero attached hydrogens (tertiary/aromatic N) is 1. The van der Waals surface area contributed by atoms with E-state index in [4.69, 9.17) is 10.00 Å². The van der Waals surface area contributed by atoms with Gasteiger partial charge in [-0.25, -0.2) is 4.79 Å². The van der Waals surface area contributed by atoms with E-state index in [0.29, 0.717) is 17.7 Å². The van der Waals surface area contributed by atoms with Gasteiger partial charge in [-0.3, -0.25) is 0 Å². The van der Waals surface area contributed by atoms with Gasteiger partial charge in [0.25, 0.3) is 0 Å². The smallest absolute Gasteiger partial charge is 0.340 e. The van der Waals surface area contributed by atoms with Crippen LogP contribution in [0.15, 0.2) is 24.4 Å². The fourth-order valence-electron chi connectivity index (χ4n) is 1.57. The molecule has 4 heteroatoms. The van der Waals surface area contributed by atoms with Crippen molar-refractivity contribution in [3.05, 3.63) is 35.5 Å². The number of ether oxygens (including phenoxy) is 1. The average molecular weight is 214 g/mol. The zero-order chi connectivity index (χ0) is 11.5. The van der Waals surface area contributed by atoms with Crippen LogP contribution >= 0.6 is 0 Å². The maximum atomic E-state index is 11.6. The van der Waals surface area contributed by atoms with Gasteiger partial charge in [-0.2, -0.15) is 5.26 Å². The lowest BCUT2D eigenvalue weighted by Crippen LogP contribution is -2.03. The van der Waals surface area contributed by atoms with Crippen molar-refractivity contribution in [2.45, 2.75) is 6.92 Å². The van der Waals surface area contributed by atoms with Crippen molar-refractivity contribution in [3.8, 4) is 6.07 Å². The summed E-state index contributed by atoms with van der Waals surface area (Å²) >= 11 is 0. The van der Waals surface area contributed by atoms with Crippen molar-refractivity contribution in [1.82, 2.24) is 4.98 Å². The summed E-state index contributed by atoms with van der Waals surface area (Å²) in [6.07, 6.45) is 1.60. The Labute approximate surface area is 92.4 Å². The Morgan fingerprint density at radius 3 is 3.06 bits per heavy atom. The first kappa shape index (κ1) is 10.2. The van der Waals surface area contributed by atoms with E-state index >= 15 is 0 Å². The Morgan fingerprint density at radius 2 is 2.38 bits per heavy atom. The number of benzene rings is 1. The third-order valence-corrected chi connectivity index (χ3v) is 2.31. The number of nitriles is 1. The van der Waals surface area contributed by atoms with Gasteiger partial charge < -0.3 is 9.72 Å². The van der Waals surface area contributed by atoms with Gasteiger partial charge in [0.1, 0.15) is 0 Å². The van der Waals surface area contributed by atoms with Crippen LogP contribution in [0.25, 0.3) is 10.9 Å². The minimum absolute atomic E-state index is 0.349. The van der Waals surface area contributed by atoms with Crippen molar-refractivity contribution in [2.75, 3.05) is 6.61 Å². The van der Waals surface area contributed by atoms with Gasteiger partial charge in [0.05, 0.1) is 23.8 Å². The highest BCUT2D eigenvalue weighted by atomic mass is 16.5. The molecule has 1 aromatic carbocycles. The van der Waals surface area contributed by atoms with Crippen LogP contribution in [-0.4, -0.2) is 17.6 Å². The van der Waals surface area contributed by atoms with Crippen LogP contribution < -0.4 is 0 Å². The minimum Gasteiger partial charge on any atom is -0.462 e. The third-order valence-electron chi connectivity index (χ3n) is 2.31. The summed E-state index contributed by atoms with van der Waals surface area (Å²) in [4.78, 5) is 14.5. The van der Waals surface area contributed by atoms with Crippen LogP contribution in [0.5, 0.6) is 0 Å². The highest BCUT2D eigenvalue weighted by Crippen LogP contribution is 2.20. The van der Waals surface area contributed by atoms with Crippen molar-refractivity contribution in [1.29, 1.82) is 5.26 Å². The zero-order valence-electron chi connectivity index (χ0n) is 8.78. The SMILES string of the molecule is CCOC(=O)c1c[nH]c2cc(C#N)ccc12. The summed E-state index contributed by atoms with van der Waals surface area (Å²) in [6.45, 7) is 2.11. The van der Waals surface area contributed by atoms with Crippen LogP contribution in [0.3, 0.4) is 0 Å². The second-order valence-corrected chi connectivity index (χ2v) is 3.29. The summed E-state index contributed by atoms with van der Waals surface area (Å²) in [6, 6.07) is 7.18. The highest BCUT2D eigenvalue weighted by Gasteiger charge is 2.12. The number of esters is 1. The Bertz CT molecular complexity index is 578. The van der Waals surface area contributed by atoms with E-state index in [1.165, 1.54) is 0 Å². The van der Waals surface area contributed by atoms with Gasteiger partial charge >= 0.3 is 5.97 Å². The van der Waals surface area contributed by atoms with E-state index in [1.54, 1.807) is 31.3 Å². The molecule has 0 aliphatic heterocycles. The molecule has 1 N–H and O–H groups in total. The molecule has 4 nitrogen and oxygen atoms in total. The van der Waals surface area contributed by atoms with E-state index in [-0.39, 0.29) is 5.97 Å². The van der Waals surface area contributed by atoms with Crippen molar-refractivity contribution < 1.29 is 9.53 Å². The maximum absolute atomic E-state index is 11.6. The predicted molar refractivity (Wildman–Crippen MR) is 59.0 cm³/mol. The molecule has 0 atom stereocenters. The molecule has 80 valence electrons. The third kappa shape index (κ3) is 1.63. The molecule has 0 saturated carbocycles. The molecule has 0 radical (unpaired) electrons. The summed E-state index contributed by atoms with van der Waals surface area (Å²) in [5, 5.41) is 9.52. The van der Waals surface area contributed by atoms with Gasteiger partial charge in [-0.05, 0) is 19.1 Å². The molecular weight excluding hydrogens is 204 g/mol. The molecule has 16 heavy (non-hydrogen) atoms. The molecule has 0 bridgehead atoms. The van der Waals surface area contributed by atoms with Gasteiger partial charge in [-0.15, -0.1) is 0 Å². The van der Waals surface area contributed by atoms with Gasteiger partial charge in [0.15, 0.2) is 0 Å².